The van der Waals surface area contributed by atoms with Gasteiger partial charge in [-0.3, -0.25) is 9.69 Å². The molecule has 6 heteroatoms. The molecule has 124 valence electrons. The second-order valence-electron chi connectivity index (χ2n) is 6.38. The number of hydrogen-bond donors (Lipinski definition) is 2. The number of H-pyrrole nitrogens is 2. The number of hydrogen-bond acceptors (Lipinski definition) is 4. The number of aromatic nitrogens is 3. The van der Waals surface area contributed by atoms with Gasteiger partial charge < -0.3 is 14.4 Å². The van der Waals surface area contributed by atoms with E-state index in [1.54, 1.807) is 18.4 Å². The first-order valence-electron chi connectivity index (χ1n) is 8.13. The monoisotopic (exact) mass is 324 g/mol. The van der Waals surface area contributed by atoms with Crippen LogP contribution in [0.5, 0.6) is 0 Å². The quantitative estimate of drug-likeness (QED) is 0.776. The lowest BCUT2D eigenvalue weighted by Gasteiger charge is -2.27. The third kappa shape index (κ3) is 2.69. The topological polar surface area (TPSA) is 77.9 Å². The zero-order valence-electron chi connectivity index (χ0n) is 13.8. The van der Waals surface area contributed by atoms with Crippen LogP contribution in [0.4, 0.5) is 0 Å². The molecule has 1 aliphatic heterocycles. The summed E-state index contributed by atoms with van der Waals surface area (Å²) in [6, 6.07) is 5.77. The normalized spacial score (nSPS) is 14.8. The fourth-order valence-corrected chi connectivity index (χ4v) is 3.33. The SMILES string of the molecule is Cc1cc(CN2CCc3nc(-c4ccco4)[nH]c(=O)c3C2)c(C)[nH]1. The predicted molar refractivity (Wildman–Crippen MR) is 90.6 cm³/mol. The fraction of sp³-hybridized carbons (Fsp3) is 0.333. The summed E-state index contributed by atoms with van der Waals surface area (Å²) >= 11 is 0. The van der Waals surface area contributed by atoms with E-state index in [0.717, 1.165) is 30.8 Å². The van der Waals surface area contributed by atoms with Crippen LogP contribution in [0.2, 0.25) is 0 Å². The molecule has 0 aliphatic carbocycles. The van der Waals surface area contributed by atoms with Crippen LogP contribution in [-0.4, -0.2) is 26.4 Å². The number of nitrogens with one attached hydrogen (secondary N) is 2. The number of rotatable bonds is 3. The average Bonchev–Trinajstić information content (AvgIpc) is 3.18. The fourth-order valence-electron chi connectivity index (χ4n) is 3.33. The minimum atomic E-state index is -0.0712. The highest BCUT2D eigenvalue weighted by Gasteiger charge is 2.22. The molecule has 0 spiro atoms. The number of furan rings is 1. The van der Waals surface area contributed by atoms with Crippen LogP contribution in [0.15, 0.2) is 33.7 Å². The van der Waals surface area contributed by atoms with Crippen molar-refractivity contribution in [3.63, 3.8) is 0 Å². The van der Waals surface area contributed by atoms with E-state index >= 15 is 0 Å². The molecule has 0 aromatic carbocycles. The first kappa shape index (κ1) is 15.0. The largest absolute Gasteiger partial charge is 0.461 e. The molecule has 0 fully saturated rings. The van der Waals surface area contributed by atoms with Gasteiger partial charge in [0.25, 0.3) is 5.56 Å². The molecule has 2 N–H and O–H groups in total. The summed E-state index contributed by atoms with van der Waals surface area (Å²) in [6.45, 7) is 6.51. The Kier molecular flexibility index (Phi) is 3.61. The smallest absolute Gasteiger partial charge is 0.256 e. The average molecular weight is 324 g/mol. The van der Waals surface area contributed by atoms with E-state index in [1.807, 2.05) is 0 Å². The van der Waals surface area contributed by atoms with Crippen molar-refractivity contribution in [1.29, 1.82) is 0 Å². The number of aryl methyl sites for hydroxylation is 2. The van der Waals surface area contributed by atoms with Crippen LogP contribution in [0.1, 0.15) is 28.2 Å². The molecule has 3 aromatic rings. The second kappa shape index (κ2) is 5.79. The molecule has 0 saturated heterocycles. The van der Waals surface area contributed by atoms with Crippen molar-refractivity contribution in [2.24, 2.45) is 0 Å². The maximum absolute atomic E-state index is 12.5. The standard InChI is InChI=1S/C18H20N4O2/c1-11-8-13(12(2)19-11)9-22-6-5-15-14(10-22)18(23)21-17(20-15)16-4-3-7-24-16/h3-4,7-8,19H,5-6,9-10H2,1-2H3,(H,20,21,23). The van der Waals surface area contributed by atoms with Gasteiger partial charge in [0.1, 0.15) is 0 Å². The van der Waals surface area contributed by atoms with Gasteiger partial charge >= 0.3 is 0 Å². The molecule has 4 rings (SSSR count). The molecule has 24 heavy (non-hydrogen) atoms. The molecular formula is C18H20N4O2. The minimum Gasteiger partial charge on any atom is -0.461 e. The van der Waals surface area contributed by atoms with Crippen LogP contribution < -0.4 is 5.56 Å². The summed E-state index contributed by atoms with van der Waals surface area (Å²) in [5.41, 5.74) is 5.22. The van der Waals surface area contributed by atoms with Gasteiger partial charge in [-0.25, -0.2) is 4.98 Å². The zero-order valence-corrected chi connectivity index (χ0v) is 13.8. The molecule has 3 aromatic heterocycles. The van der Waals surface area contributed by atoms with E-state index in [-0.39, 0.29) is 5.56 Å². The van der Waals surface area contributed by atoms with Crippen molar-refractivity contribution in [3.8, 4) is 11.6 Å². The summed E-state index contributed by atoms with van der Waals surface area (Å²) < 4.78 is 5.33. The molecular weight excluding hydrogens is 304 g/mol. The van der Waals surface area contributed by atoms with Crippen LogP contribution in [-0.2, 0) is 19.5 Å². The van der Waals surface area contributed by atoms with Crippen LogP contribution in [0, 0.1) is 13.8 Å². The summed E-state index contributed by atoms with van der Waals surface area (Å²) in [5, 5.41) is 0. The van der Waals surface area contributed by atoms with E-state index in [9.17, 15) is 4.79 Å². The lowest BCUT2D eigenvalue weighted by Crippen LogP contribution is -2.35. The van der Waals surface area contributed by atoms with Crippen molar-refractivity contribution in [2.75, 3.05) is 6.54 Å². The molecule has 0 bridgehead atoms. The molecule has 1 aliphatic rings. The Labute approximate surface area is 139 Å². The second-order valence-corrected chi connectivity index (χ2v) is 6.38. The summed E-state index contributed by atoms with van der Waals surface area (Å²) in [7, 11) is 0. The Morgan fingerprint density at radius 2 is 2.21 bits per heavy atom. The van der Waals surface area contributed by atoms with Crippen LogP contribution in [0.3, 0.4) is 0 Å². The first-order chi connectivity index (χ1) is 11.6. The van der Waals surface area contributed by atoms with E-state index < -0.39 is 0 Å². The molecule has 0 radical (unpaired) electrons. The van der Waals surface area contributed by atoms with Crippen LogP contribution >= 0.6 is 0 Å². The third-order valence-corrected chi connectivity index (χ3v) is 4.55. The Morgan fingerprint density at radius 3 is 2.92 bits per heavy atom. The van der Waals surface area contributed by atoms with Gasteiger partial charge in [-0.2, -0.15) is 0 Å². The third-order valence-electron chi connectivity index (χ3n) is 4.55. The van der Waals surface area contributed by atoms with Crippen molar-refractivity contribution in [2.45, 2.75) is 33.4 Å². The van der Waals surface area contributed by atoms with Crippen molar-refractivity contribution in [3.05, 3.63) is 63.0 Å². The maximum Gasteiger partial charge on any atom is 0.256 e. The molecule has 0 saturated carbocycles. The van der Waals surface area contributed by atoms with Gasteiger partial charge in [-0.15, -0.1) is 0 Å². The predicted octanol–water partition coefficient (Wildman–Crippen LogP) is 2.53. The summed E-state index contributed by atoms with van der Waals surface area (Å²) in [4.78, 5) is 25.5. The Bertz CT molecular complexity index is 921. The van der Waals surface area contributed by atoms with Gasteiger partial charge in [0, 0.05) is 37.4 Å². The van der Waals surface area contributed by atoms with E-state index in [1.165, 1.54) is 17.0 Å². The molecule has 0 unspecified atom stereocenters. The highest BCUT2D eigenvalue weighted by molar-refractivity contribution is 5.47. The Morgan fingerprint density at radius 1 is 1.33 bits per heavy atom. The Hall–Kier alpha value is -2.60. The highest BCUT2D eigenvalue weighted by atomic mass is 16.3. The summed E-state index contributed by atoms with van der Waals surface area (Å²) in [5.74, 6) is 1.10. The lowest BCUT2D eigenvalue weighted by molar-refractivity contribution is 0.241. The minimum absolute atomic E-state index is 0.0712. The van der Waals surface area contributed by atoms with E-state index in [2.05, 4.69) is 39.8 Å². The molecule has 4 heterocycles. The van der Waals surface area contributed by atoms with Gasteiger partial charge in [-0.1, -0.05) is 0 Å². The molecule has 0 atom stereocenters. The maximum atomic E-state index is 12.5. The van der Waals surface area contributed by atoms with E-state index in [0.29, 0.717) is 18.1 Å². The van der Waals surface area contributed by atoms with Gasteiger partial charge in [0.2, 0.25) is 0 Å². The van der Waals surface area contributed by atoms with Crippen LogP contribution in [0.25, 0.3) is 11.6 Å². The van der Waals surface area contributed by atoms with Gasteiger partial charge in [0.15, 0.2) is 11.6 Å². The van der Waals surface area contributed by atoms with Crippen molar-refractivity contribution >= 4 is 0 Å². The van der Waals surface area contributed by atoms with Crippen molar-refractivity contribution < 1.29 is 4.42 Å². The first-order valence-corrected chi connectivity index (χ1v) is 8.13. The van der Waals surface area contributed by atoms with E-state index in [4.69, 9.17) is 4.42 Å². The molecule has 0 amide bonds. The zero-order chi connectivity index (χ0) is 16.7. The number of fused-ring (bicyclic) bond motifs is 1. The molecule has 6 nitrogen and oxygen atoms in total. The Balaban J connectivity index is 1.59. The van der Waals surface area contributed by atoms with Gasteiger partial charge in [0.05, 0.1) is 17.5 Å². The van der Waals surface area contributed by atoms with Gasteiger partial charge in [-0.05, 0) is 37.6 Å². The number of aromatic amines is 2. The van der Waals surface area contributed by atoms with Crippen molar-refractivity contribution in [1.82, 2.24) is 19.9 Å². The number of nitrogens with zero attached hydrogens (tertiary/aromatic N) is 2. The summed E-state index contributed by atoms with van der Waals surface area (Å²) in [6.07, 6.45) is 2.35. The lowest BCUT2D eigenvalue weighted by atomic mass is 10.1. The highest BCUT2D eigenvalue weighted by Crippen LogP contribution is 2.21.